The summed E-state index contributed by atoms with van der Waals surface area (Å²) in [5.41, 5.74) is 2.98. The average Bonchev–Trinajstić information content (AvgIpc) is 2.84. The van der Waals surface area contributed by atoms with Crippen LogP contribution in [0.1, 0.15) is 32.3 Å². The molecule has 1 N–H and O–H groups in total. The van der Waals surface area contributed by atoms with Gasteiger partial charge in [-0.15, -0.1) is 0 Å². The fraction of sp³-hybridized carbons (Fsp3) is 0.222. The number of nitrogens with zero attached hydrogens (tertiary/aromatic N) is 2. The van der Waals surface area contributed by atoms with Crippen molar-refractivity contribution in [3.8, 4) is 11.4 Å². The van der Waals surface area contributed by atoms with E-state index in [-0.39, 0.29) is 23.1 Å². The SMILES string of the molecule is CCOc1ccc(NC(=O)CSc2nc3ccccc3c(=O)n2-c2ccccc2C(C)C)cc1. The molecule has 0 fully saturated rings. The Morgan fingerprint density at radius 1 is 1.03 bits per heavy atom. The molecule has 3 aromatic carbocycles. The molecule has 6 nitrogen and oxygen atoms in total. The van der Waals surface area contributed by atoms with Gasteiger partial charge < -0.3 is 10.1 Å². The third-order valence-corrected chi connectivity index (χ3v) is 6.26. The van der Waals surface area contributed by atoms with Crippen LogP contribution < -0.4 is 15.6 Å². The zero-order valence-electron chi connectivity index (χ0n) is 19.4. The molecule has 0 atom stereocenters. The molecule has 0 radical (unpaired) electrons. The molecule has 0 unspecified atom stereocenters. The number of anilines is 1. The van der Waals surface area contributed by atoms with Crippen molar-refractivity contribution in [3.63, 3.8) is 0 Å². The first-order valence-electron chi connectivity index (χ1n) is 11.2. The van der Waals surface area contributed by atoms with Crippen molar-refractivity contribution in [1.29, 1.82) is 0 Å². The standard InChI is InChI=1S/C27H27N3O3S/c1-4-33-20-15-13-19(14-16-20)28-25(31)17-34-27-29-23-11-7-5-10-22(23)26(32)30(27)24-12-8-6-9-21(24)18(2)3/h5-16,18H,4,17H2,1-3H3,(H,28,31). The van der Waals surface area contributed by atoms with Gasteiger partial charge in [0, 0.05) is 5.69 Å². The van der Waals surface area contributed by atoms with E-state index < -0.39 is 0 Å². The van der Waals surface area contributed by atoms with Crippen molar-refractivity contribution in [2.45, 2.75) is 31.8 Å². The maximum absolute atomic E-state index is 13.5. The van der Waals surface area contributed by atoms with Crippen LogP contribution in [0.5, 0.6) is 5.75 Å². The predicted molar refractivity (Wildman–Crippen MR) is 138 cm³/mol. The van der Waals surface area contributed by atoms with Crippen molar-refractivity contribution in [1.82, 2.24) is 9.55 Å². The van der Waals surface area contributed by atoms with E-state index in [1.165, 1.54) is 11.8 Å². The Hall–Kier alpha value is -3.58. The predicted octanol–water partition coefficient (Wildman–Crippen LogP) is 5.64. The fourth-order valence-electron chi connectivity index (χ4n) is 3.73. The summed E-state index contributed by atoms with van der Waals surface area (Å²) < 4.78 is 7.07. The minimum absolute atomic E-state index is 0.113. The maximum atomic E-state index is 13.5. The van der Waals surface area contributed by atoms with Crippen LogP contribution >= 0.6 is 11.8 Å². The van der Waals surface area contributed by atoms with Gasteiger partial charge in [-0.1, -0.05) is 55.9 Å². The van der Waals surface area contributed by atoms with E-state index in [4.69, 9.17) is 9.72 Å². The summed E-state index contributed by atoms with van der Waals surface area (Å²) in [6, 6.07) is 22.4. The molecule has 1 aromatic heterocycles. The van der Waals surface area contributed by atoms with Gasteiger partial charge in [0.2, 0.25) is 5.91 Å². The van der Waals surface area contributed by atoms with E-state index in [9.17, 15) is 9.59 Å². The number of hydrogen-bond donors (Lipinski definition) is 1. The molecular weight excluding hydrogens is 446 g/mol. The number of thioether (sulfide) groups is 1. The highest BCUT2D eigenvalue weighted by Gasteiger charge is 2.18. The Bertz CT molecular complexity index is 1360. The number of benzene rings is 3. The van der Waals surface area contributed by atoms with Crippen LogP contribution in [0.15, 0.2) is 82.7 Å². The van der Waals surface area contributed by atoms with Gasteiger partial charge in [0.15, 0.2) is 5.16 Å². The monoisotopic (exact) mass is 473 g/mol. The molecule has 4 aromatic rings. The molecule has 0 aliphatic heterocycles. The lowest BCUT2D eigenvalue weighted by Crippen LogP contribution is -2.24. The molecule has 0 saturated carbocycles. The Labute approximate surface area is 203 Å². The van der Waals surface area contributed by atoms with Gasteiger partial charge in [0.25, 0.3) is 5.56 Å². The van der Waals surface area contributed by atoms with E-state index in [0.29, 0.717) is 28.4 Å². The van der Waals surface area contributed by atoms with E-state index >= 15 is 0 Å². The van der Waals surface area contributed by atoms with Crippen LogP contribution in [0.3, 0.4) is 0 Å². The molecule has 1 heterocycles. The Morgan fingerprint density at radius 2 is 1.74 bits per heavy atom. The van der Waals surface area contributed by atoms with Crippen molar-refractivity contribution in [3.05, 3.63) is 88.7 Å². The molecular formula is C27H27N3O3S. The summed E-state index contributed by atoms with van der Waals surface area (Å²) >= 11 is 1.25. The molecule has 0 saturated heterocycles. The zero-order chi connectivity index (χ0) is 24.1. The summed E-state index contributed by atoms with van der Waals surface area (Å²) in [4.78, 5) is 31.0. The van der Waals surface area contributed by atoms with Crippen molar-refractivity contribution in [2.75, 3.05) is 17.7 Å². The van der Waals surface area contributed by atoms with Crippen LogP contribution in [0.4, 0.5) is 5.69 Å². The second kappa shape index (κ2) is 10.6. The minimum atomic E-state index is -0.180. The summed E-state index contributed by atoms with van der Waals surface area (Å²) in [6.07, 6.45) is 0. The topological polar surface area (TPSA) is 73.2 Å². The number of rotatable bonds is 8. The number of hydrogen-bond acceptors (Lipinski definition) is 5. The first kappa shape index (κ1) is 23.6. The lowest BCUT2D eigenvalue weighted by atomic mass is 10.0. The summed E-state index contributed by atoms with van der Waals surface area (Å²) in [5.74, 6) is 0.903. The van der Waals surface area contributed by atoms with Crippen LogP contribution in [0, 0.1) is 0 Å². The number of aromatic nitrogens is 2. The van der Waals surface area contributed by atoms with Crippen molar-refractivity contribution >= 4 is 34.3 Å². The van der Waals surface area contributed by atoms with Crippen molar-refractivity contribution in [2.24, 2.45) is 0 Å². The van der Waals surface area contributed by atoms with Gasteiger partial charge in [0.1, 0.15) is 5.75 Å². The lowest BCUT2D eigenvalue weighted by molar-refractivity contribution is -0.113. The van der Waals surface area contributed by atoms with Crippen LogP contribution in [-0.4, -0.2) is 27.8 Å². The molecule has 4 rings (SSSR count). The molecule has 0 aliphatic carbocycles. The molecule has 7 heteroatoms. The largest absolute Gasteiger partial charge is 0.494 e. The Kier molecular flexibility index (Phi) is 7.33. The van der Waals surface area contributed by atoms with Crippen molar-refractivity contribution < 1.29 is 9.53 Å². The fourth-order valence-corrected chi connectivity index (χ4v) is 4.53. The van der Waals surface area contributed by atoms with E-state index in [2.05, 4.69) is 19.2 Å². The Balaban J connectivity index is 1.65. The summed E-state index contributed by atoms with van der Waals surface area (Å²) in [6.45, 7) is 6.69. The minimum Gasteiger partial charge on any atom is -0.494 e. The molecule has 0 aliphatic rings. The number of amides is 1. The van der Waals surface area contributed by atoms with Gasteiger partial charge in [-0.2, -0.15) is 0 Å². The summed E-state index contributed by atoms with van der Waals surface area (Å²) in [7, 11) is 0. The van der Waals surface area contributed by atoms with Crippen LogP contribution in [0.25, 0.3) is 16.6 Å². The Morgan fingerprint density at radius 3 is 2.47 bits per heavy atom. The number of nitrogens with one attached hydrogen (secondary N) is 1. The number of carbonyl (C=O) groups excluding carboxylic acids is 1. The number of carbonyl (C=O) groups is 1. The van der Waals surface area contributed by atoms with E-state index in [1.54, 1.807) is 22.8 Å². The molecule has 34 heavy (non-hydrogen) atoms. The first-order chi connectivity index (χ1) is 16.5. The van der Waals surface area contributed by atoms with Gasteiger partial charge in [0.05, 0.1) is 29.0 Å². The smallest absolute Gasteiger partial charge is 0.266 e. The quantitative estimate of drug-likeness (QED) is 0.265. The number of ether oxygens (including phenoxy) is 1. The van der Waals surface area contributed by atoms with E-state index in [1.807, 2.05) is 61.5 Å². The molecule has 1 amide bonds. The van der Waals surface area contributed by atoms with Crippen LogP contribution in [-0.2, 0) is 4.79 Å². The maximum Gasteiger partial charge on any atom is 0.266 e. The third-order valence-electron chi connectivity index (χ3n) is 5.33. The average molecular weight is 474 g/mol. The van der Waals surface area contributed by atoms with Gasteiger partial charge in [-0.3, -0.25) is 14.2 Å². The highest BCUT2D eigenvalue weighted by atomic mass is 32.2. The van der Waals surface area contributed by atoms with E-state index in [0.717, 1.165) is 17.0 Å². The highest BCUT2D eigenvalue weighted by molar-refractivity contribution is 7.99. The number of para-hydroxylation sites is 2. The first-order valence-corrected chi connectivity index (χ1v) is 12.2. The van der Waals surface area contributed by atoms with Crippen LogP contribution in [0.2, 0.25) is 0 Å². The van der Waals surface area contributed by atoms with Gasteiger partial charge >= 0.3 is 0 Å². The van der Waals surface area contributed by atoms with Gasteiger partial charge in [-0.25, -0.2) is 4.98 Å². The van der Waals surface area contributed by atoms with Gasteiger partial charge in [-0.05, 0) is 60.9 Å². The lowest BCUT2D eigenvalue weighted by Gasteiger charge is -2.18. The second-order valence-electron chi connectivity index (χ2n) is 8.06. The highest BCUT2D eigenvalue weighted by Crippen LogP contribution is 2.27. The molecule has 0 bridgehead atoms. The molecule has 0 spiro atoms. The second-order valence-corrected chi connectivity index (χ2v) is 9.00. The normalized spacial score (nSPS) is 11.1. The zero-order valence-corrected chi connectivity index (χ0v) is 20.3. The summed E-state index contributed by atoms with van der Waals surface area (Å²) in [5, 5.41) is 3.92. The number of fused-ring (bicyclic) bond motifs is 1. The third kappa shape index (κ3) is 5.15. The molecule has 174 valence electrons.